The van der Waals surface area contributed by atoms with Gasteiger partial charge in [-0.25, -0.2) is 0 Å². The predicted molar refractivity (Wildman–Crippen MR) is 68.1 cm³/mol. The molecular weight excluding hydrogens is 232 g/mol. The van der Waals surface area contributed by atoms with Crippen LogP contribution in [0.4, 0.5) is 0 Å². The second-order valence-corrected chi connectivity index (χ2v) is 5.44. The first-order valence-corrected chi connectivity index (χ1v) is 6.97. The van der Waals surface area contributed by atoms with Crippen molar-refractivity contribution >= 4 is 5.91 Å². The van der Waals surface area contributed by atoms with Crippen molar-refractivity contribution in [2.45, 2.75) is 38.3 Å². The van der Waals surface area contributed by atoms with Crippen molar-refractivity contribution in [3.63, 3.8) is 0 Å². The van der Waals surface area contributed by atoms with Gasteiger partial charge in [-0.1, -0.05) is 6.92 Å². The fraction of sp³-hybridized carbons (Fsp3) is 0.923. The first kappa shape index (κ1) is 13.8. The molecule has 3 N–H and O–H groups in total. The van der Waals surface area contributed by atoms with Crippen LogP contribution in [0.3, 0.4) is 0 Å². The molecule has 2 rings (SSSR count). The van der Waals surface area contributed by atoms with Gasteiger partial charge in [0.2, 0.25) is 5.91 Å². The van der Waals surface area contributed by atoms with E-state index in [2.05, 4.69) is 17.6 Å². The number of amides is 1. The molecule has 0 bridgehead atoms. The van der Waals surface area contributed by atoms with Crippen LogP contribution in [-0.4, -0.2) is 49.5 Å². The highest BCUT2D eigenvalue weighted by atomic mass is 16.5. The van der Waals surface area contributed by atoms with Crippen LogP contribution in [-0.2, 0) is 9.53 Å². The summed E-state index contributed by atoms with van der Waals surface area (Å²) in [6.45, 7) is 4.86. The Kier molecular flexibility index (Phi) is 4.97. The smallest absolute Gasteiger partial charge is 0.227 e. The Morgan fingerprint density at radius 1 is 1.39 bits per heavy atom. The highest BCUT2D eigenvalue weighted by molar-refractivity contribution is 5.79. The van der Waals surface area contributed by atoms with Gasteiger partial charge in [0.1, 0.15) is 0 Å². The van der Waals surface area contributed by atoms with Crippen molar-refractivity contribution in [1.29, 1.82) is 0 Å². The van der Waals surface area contributed by atoms with Crippen LogP contribution in [0.5, 0.6) is 0 Å². The molecule has 1 amide bonds. The zero-order valence-electron chi connectivity index (χ0n) is 11.0. The Bertz CT molecular complexity index is 279. The SMILES string of the molecule is CCCNC1COCC1C(=O)NCC1CC(O)C1. The summed E-state index contributed by atoms with van der Waals surface area (Å²) in [6.07, 6.45) is 2.55. The van der Waals surface area contributed by atoms with Crippen LogP contribution in [0.2, 0.25) is 0 Å². The number of nitrogens with one attached hydrogen (secondary N) is 2. The molecule has 0 aromatic rings. The van der Waals surface area contributed by atoms with Gasteiger partial charge in [-0.2, -0.15) is 0 Å². The molecule has 1 aliphatic carbocycles. The van der Waals surface area contributed by atoms with E-state index in [1.165, 1.54) is 0 Å². The van der Waals surface area contributed by atoms with Gasteiger partial charge in [-0.15, -0.1) is 0 Å². The molecule has 0 spiro atoms. The van der Waals surface area contributed by atoms with Crippen LogP contribution < -0.4 is 10.6 Å². The Morgan fingerprint density at radius 2 is 2.17 bits per heavy atom. The van der Waals surface area contributed by atoms with Crippen LogP contribution in [0.15, 0.2) is 0 Å². The lowest BCUT2D eigenvalue weighted by molar-refractivity contribution is -0.126. The summed E-state index contributed by atoms with van der Waals surface area (Å²) in [5, 5.41) is 15.5. The zero-order valence-corrected chi connectivity index (χ0v) is 11.0. The average Bonchev–Trinajstić information content (AvgIpc) is 2.78. The van der Waals surface area contributed by atoms with Gasteiger partial charge in [0.15, 0.2) is 0 Å². The second kappa shape index (κ2) is 6.50. The highest BCUT2D eigenvalue weighted by Gasteiger charge is 2.34. The van der Waals surface area contributed by atoms with E-state index < -0.39 is 0 Å². The number of hydrogen-bond acceptors (Lipinski definition) is 4. The van der Waals surface area contributed by atoms with Crippen molar-refractivity contribution in [2.75, 3.05) is 26.3 Å². The monoisotopic (exact) mass is 256 g/mol. The third kappa shape index (κ3) is 3.43. The standard InChI is InChI=1S/C13H24N2O3/c1-2-3-14-12-8-18-7-11(12)13(17)15-6-9-4-10(16)5-9/h9-12,14,16H,2-8H2,1H3,(H,15,17). The van der Waals surface area contributed by atoms with Crippen molar-refractivity contribution in [1.82, 2.24) is 10.6 Å². The lowest BCUT2D eigenvalue weighted by Gasteiger charge is -2.31. The summed E-state index contributed by atoms with van der Waals surface area (Å²) in [4.78, 5) is 12.1. The van der Waals surface area contributed by atoms with E-state index >= 15 is 0 Å². The highest BCUT2D eigenvalue weighted by Crippen LogP contribution is 2.26. The van der Waals surface area contributed by atoms with Gasteiger partial charge >= 0.3 is 0 Å². The fourth-order valence-electron chi connectivity index (χ4n) is 2.59. The number of ether oxygens (including phenoxy) is 1. The molecule has 2 fully saturated rings. The molecule has 104 valence electrons. The molecule has 18 heavy (non-hydrogen) atoms. The van der Waals surface area contributed by atoms with Gasteiger partial charge in [-0.3, -0.25) is 4.79 Å². The van der Waals surface area contributed by atoms with Gasteiger partial charge < -0.3 is 20.5 Å². The maximum atomic E-state index is 12.1. The van der Waals surface area contributed by atoms with E-state index in [1.807, 2.05) is 0 Å². The molecule has 1 aliphatic heterocycles. The van der Waals surface area contributed by atoms with Crippen LogP contribution >= 0.6 is 0 Å². The van der Waals surface area contributed by atoms with Gasteiger partial charge in [0, 0.05) is 12.6 Å². The third-order valence-corrected chi connectivity index (χ3v) is 3.85. The molecule has 2 unspecified atom stereocenters. The molecule has 1 heterocycles. The van der Waals surface area contributed by atoms with E-state index in [-0.39, 0.29) is 24.0 Å². The Hall–Kier alpha value is -0.650. The van der Waals surface area contributed by atoms with Crippen molar-refractivity contribution in [3.8, 4) is 0 Å². The minimum Gasteiger partial charge on any atom is -0.393 e. The lowest BCUT2D eigenvalue weighted by atomic mass is 9.82. The van der Waals surface area contributed by atoms with Crippen molar-refractivity contribution in [2.24, 2.45) is 11.8 Å². The van der Waals surface area contributed by atoms with E-state index in [0.717, 1.165) is 25.8 Å². The second-order valence-electron chi connectivity index (χ2n) is 5.44. The van der Waals surface area contributed by atoms with Gasteiger partial charge in [-0.05, 0) is 31.7 Å². The lowest BCUT2D eigenvalue weighted by Crippen LogP contribution is -2.46. The minimum atomic E-state index is -0.152. The molecule has 5 nitrogen and oxygen atoms in total. The Morgan fingerprint density at radius 3 is 2.83 bits per heavy atom. The molecule has 2 aliphatic rings. The summed E-state index contributed by atoms with van der Waals surface area (Å²) in [5.41, 5.74) is 0. The Balaban J connectivity index is 1.70. The number of carbonyl (C=O) groups excluding carboxylic acids is 1. The third-order valence-electron chi connectivity index (χ3n) is 3.85. The topological polar surface area (TPSA) is 70.6 Å². The van der Waals surface area contributed by atoms with Crippen molar-refractivity contribution in [3.05, 3.63) is 0 Å². The average molecular weight is 256 g/mol. The molecular formula is C13H24N2O3. The summed E-state index contributed by atoms with van der Waals surface area (Å²) in [7, 11) is 0. The summed E-state index contributed by atoms with van der Waals surface area (Å²) in [5.74, 6) is 0.470. The minimum absolute atomic E-state index is 0.0680. The molecule has 1 saturated heterocycles. The first-order chi connectivity index (χ1) is 8.70. The normalized spacial score (nSPS) is 35.2. The molecule has 5 heteroatoms. The van der Waals surface area contributed by atoms with E-state index in [9.17, 15) is 9.90 Å². The van der Waals surface area contributed by atoms with E-state index in [1.54, 1.807) is 0 Å². The summed E-state index contributed by atoms with van der Waals surface area (Å²) < 4.78 is 5.39. The van der Waals surface area contributed by atoms with Crippen LogP contribution in [0.1, 0.15) is 26.2 Å². The zero-order chi connectivity index (χ0) is 13.0. The molecule has 1 saturated carbocycles. The molecule has 0 aromatic heterocycles. The fourth-order valence-corrected chi connectivity index (χ4v) is 2.59. The van der Waals surface area contributed by atoms with Crippen LogP contribution in [0, 0.1) is 11.8 Å². The largest absolute Gasteiger partial charge is 0.393 e. The Labute approximate surface area is 108 Å². The van der Waals surface area contributed by atoms with Gasteiger partial charge in [0.25, 0.3) is 0 Å². The number of aliphatic hydroxyl groups excluding tert-OH is 1. The summed E-state index contributed by atoms with van der Waals surface area (Å²) >= 11 is 0. The predicted octanol–water partition coefficient (Wildman–Crippen LogP) is -0.112. The van der Waals surface area contributed by atoms with Crippen LogP contribution in [0.25, 0.3) is 0 Å². The number of carbonyl (C=O) groups is 1. The number of aliphatic hydroxyl groups is 1. The van der Waals surface area contributed by atoms with E-state index in [0.29, 0.717) is 25.7 Å². The number of rotatable bonds is 6. The quantitative estimate of drug-likeness (QED) is 0.620. The van der Waals surface area contributed by atoms with Crippen molar-refractivity contribution < 1.29 is 14.6 Å². The molecule has 0 radical (unpaired) electrons. The molecule has 2 atom stereocenters. The van der Waals surface area contributed by atoms with Gasteiger partial charge in [0.05, 0.1) is 25.2 Å². The maximum absolute atomic E-state index is 12.1. The number of hydrogen-bond donors (Lipinski definition) is 3. The molecule has 0 aromatic carbocycles. The van der Waals surface area contributed by atoms with E-state index in [4.69, 9.17) is 4.74 Å². The summed E-state index contributed by atoms with van der Waals surface area (Å²) in [6, 6.07) is 0.150. The maximum Gasteiger partial charge on any atom is 0.227 e. The first-order valence-electron chi connectivity index (χ1n) is 6.97.